The van der Waals surface area contributed by atoms with Crippen LogP contribution in [-0.2, 0) is 9.59 Å². The number of aryl methyl sites for hydroxylation is 1. The maximum absolute atomic E-state index is 12.9. The van der Waals surface area contributed by atoms with Gasteiger partial charge in [0.1, 0.15) is 17.4 Å². The molecule has 4 heterocycles. The van der Waals surface area contributed by atoms with E-state index in [2.05, 4.69) is 4.98 Å². The van der Waals surface area contributed by atoms with Crippen LogP contribution in [0.3, 0.4) is 0 Å². The van der Waals surface area contributed by atoms with Crippen molar-refractivity contribution in [2.75, 3.05) is 19.6 Å². The third kappa shape index (κ3) is 3.02. The standard InChI is InChI=1S/C20H24N4O4/c1-13-4-3-5-17-21-15(11-23(13)17)18(26)22-8-6-20(7-9-22)10-16(19(27)28)24(12-20)14(2)25/h3-5,11,16H,6-10,12H2,1-2H3,(H,27,28)/t16-/m1/s1. The minimum absolute atomic E-state index is 0.103. The molecule has 2 aromatic heterocycles. The van der Waals surface area contributed by atoms with Crippen LogP contribution in [0.1, 0.15) is 42.4 Å². The molecule has 1 atom stereocenters. The van der Waals surface area contributed by atoms with E-state index in [1.54, 1.807) is 11.1 Å². The number of hydrogen-bond acceptors (Lipinski definition) is 4. The topological polar surface area (TPSA) is 95.2 Å². The molecule has 0 saturated carbocycles. The van der Waals surface area contributed by atoms with Crippen LogP contribution in [-0.4, -0.2) is 67.8 Å². The van der Waals surface area contributed by atoms with Crippen LogP contribution >= 0.6 is 0 Å². The van der Waals surface area contributed by atoms with Crippen molar-refractivity contribution in [3.63, 3.8) is 0 Å². The number of rotatable bonds is 2. The molecule has 2 saturated heterocycles. The van der Waals surface area contributed by atoms with E-state index in [1.165, 1.54) is 11.8 Å². The molecule has 8 heteroatoms. The molecule has 1 N–H and O–H groups in total. The number of amides is 2. The monoisotopic (exact) mass is 384 g/mol. The summed E-state index contributed by atoms with van der Waals surface area (Å²) in [6, 6.07) is 4.99. The second-order valence-corrected chi connectivity index (χ2v) is 8.02. The van der Waals surface area contributed by atoms with Crippen LogP contribution in [0, 0.1) is 12.3 Å². The SMILES string of the molecule is CC(=O)N1CC2(CCN(C(=O)c3cn4c(C)cccc4n3)CC2)C[C@@H]1C(=O)O. The van der Waals surface area contributed by atoms with Gasteiger partial charge in [0.05, 0.1) is 0 Å². The Labute approximate surface area is 162 Å². The van der Waals surface area contributed by atoms with Crippen LogP contribution in [0.4, 0.5) is 0 Å². The summed E-state index contributed by atoms with van der Waals surface area (Å²) in [5, 5.41) is 9.46. The van der Waals surface area contributed by atoms with Crippen molar-refractivity contribution >= 4 is 23.4 Å². The molecule has 0 unspecified atom stereocenters. The summed E-state index contributed by atoms with van der Waals surface area (Å²) in [7, 11) is 0. The molecule has 148 valence electrons. The average molecular weight is 384 g/mol. The zero-order chi connectivity index (χ0) is 20.1. The van der Waals surface area contributed by atoms with Crippen molar-refractivity contribution in [3.8, 4) is 0 Å². The fourth-order valence-corrected chi connectivity index (χ4v) is 4.57. The van der Waals surface area contributed by atoms with Crippen LogP contribution in [0.5, 0.6) is 0 Å². The third-order valence-electron chi connectivity index (χ3n) is 6.22. The van der Waals surface area contributed by atoms with Crippen molar-refractivity contribution in [2.45, 2.75) is 39.2 Å². The van der Waals surface area contributed by atoms with Gasteiger partial charge in [0, 0.05) is 38.4 Å². The summed E-state index contributed by atoms with van der Waals surface area (Å²) >= 11 is 0. The number of nitrogens with zero attached hydrogens (tertiary/aromatic N) is 4. The fraction of sp³-hybridized carbons (Fsp3) is 0.500. The number of piperidine rings is 1. The molecular formula is C20H24N4O4. The first kappa shape index (κ1) is 18.5. The number of fused-ring (bicyclic) bond motifs is 1. The van der Waals surface area contributed by atoms with Gasteiger partial charge in [-0.25, -0.2) is 9.78 Å². The highest BCUT2D eigenvalue weighted by atomic mass is 16.4. The number of aliphatic carboxylic acids is 1. The molecule has 2 aromatic rings. The first-order valence-electron chi connectivity index (χ1n) is 9.54. The maximum Gasteiger partial charge on any atom is 0.326 e. The number of carbonyl (C=O) groups excluding carboxylic acids is 2. The lowest BCUT2D eigenvalue weighted by molar-refractivity contribution is -0.147. The Balaban J connectivity index is 1.48. The number of hydrogen-bond donors (Lipinski definition) is 1. The molecule has 2 aliphatic rings. The zero-order valence-corrected chi connectivity index (χ0v) is 16.1. The summed E-state index contributed by atoms with van der Waals surface area (Å²) in [6.45, 7) is 4.93. The number of likely N-dealkylation sites (tertiary alicyclic amines) is 2. The lowest BCUT2D eigenvalue weighted by atomic mass is 9.76. The molecule has 2 aliphatic heterocycles. The Morgan fingerprint density at radius 2 is 1.93 bits per heavy atom. The van der Waals surface area contributed by atoms with Crippen LogP contribution in [0.15, 0.2) is 24.4 Å². The predicted molar refractivity (Wildman–Crippen MR) is 101 cm³/mol. The molecule has 4 rings (SSSR count). The van der Waals surface area contributed by atoms with Crippen molar-refractivity contribution in [2.24, 2.45) is 5.41 Å². The molecule has 8 nitrogen and oxygen atoms in total. The summed E-state index contributed by atoms with van der Waals surface area (Å²) in [4.78, 5) is 44.0. The molecule has 28 heavy (non-hydrogen) atoms. The summed E-state index contributed by atoms with van der Waals surface area (Å²) in [6.07, 6.45) is 3.61. The number of aromatic nitrogens is 2. The number of pyridine rings is 1. The van der Waals surface area contributed by atoms with Crippen LogP contribution in [0.25, 0.3) is 5.65 Å². The molecule has 2 fully saturated rings. The second-order valence-electron chi connectivity index (χ2n) is 8.02. The normalized spacial score (nSPS) is 21.4. The van der Waals surface area contributed by atoms with Crippen molar-refractivity contribution in [1.29, 1.82) is 0 Å². The van der Waals surface area contributed by atoms with E-state index in [0.29, 0.717) is 44.6 Å². The van der Waals surface area contributed by atoms with Crippen LogP contribution < -0.4 is 0 Å². The van der Waals surface area contributed by atoms with Crippen molar-refractivity contribution in [3.05, 3.63) is 35.8 Å². The van der Waals surface area contributed by atoms with Gasteiger partial charge in [0.15, 0.2) is 0 Å². The van der Waals surface area contributed by atoms with Crippen molar-refractivity contribution < 1.29 is 19.5 Å². The number of carboxylic acid groups (broad SMARTS) is 1. The van der Waals surface area contributed by atoms with E-state index < -0.39 is 12.0 Å². The molecule has 0 aliphatic carbocycles. The third-order valence-corrected chi connectivity index (χ3v) is 6.22. The van der Waals surface area contributed by atoms with E-state index in [9.17, 15) is 19.5 Å². The van der Waals surface area contributed by atoms with Crippen molar-refractivity contribution in [1.82, 2.24) is 19.2 Å². The Bertz CT molecular complexity index is 934. The summed E-state index contributed by atoms with van der Waals surface area (Å²) in [5.41, 5.74) is 1.96. The van der Waals surface area contributed by atoms with Gasteiger partial charge in [-0.3, -0.25) is 9.59 Å². The Hall–Kier alpha value is -2.90. The predicted octanol–water partition coefficient (Wildman–Crippen LogP) is 1.57. The maximum atomic E-state index is 12.9. The van der Waals surface area contributed by atoms with E-state index in [0.717, 1.165) is 11.3 Å². The Morgan fingerprint density at radius 1 is 1.21 bits per heavy atom. The zero-order valence-electron chi connectivity index (χ0n) is 16.1. The molecule has 0 radical (unpaired) electrons. The Kier molecular flexibility index (Phi) is 4.36. The highest BCUT2D eigenvalue weighted by Crippen LogP contribution is 2.43. The van der Waals surface area contributed by atoms with Gasteiger partial charge >= 0.3 is 5.97 Å². The summed E-state index contributed by atoms with van der Waals surface area (Å²) in [5.74, 6) is -1.26. The molecule has 0 bridgehead atoms. The first-order valence-corrected chi connectivity index (χ1v) is 9.54. The van der Waals surface area contributed by atoms with Gasteiger partial charge in [0.2, 0.25) is 5.91 Å². The number of imidazole rings is 1. The quantitative estimate of drug-likeness (QED) is 0.848. The average Bonchev–Trinajstić information content (AvgIpc) is 3.25. The van der Waals surface area contributed by atoms with Crippen LogP contribution in [0.2, 0.25) is 0 Å². The molecule has 0 aromatic carbocycles. The smallest absolute Gasteiger partial charge is 0.326 e. The van der Waals surface area contributed by atoms with Gasteiger partial charge in [-0.1, -0.05) is 6.07 Å². The largest absolute Gasteiger partial charge is 0.480 e. The number of carbonyl (C=O) groups is 3. The highest BCUT2D eigenvalue weighted by Gasteiger charge is 2.49. The van der Waals surface area contributed by atoms with Gasteiger partial charge in [-0.15, -0.1) is 0 Å². The minimum atomic E-state index is -0.953. The molecular weight excluding hydrogens is 360 g/mol. The minimum Gasteiger partial charge on any atom is -0.480 e. The first-order chi connectivity index (χ1) is 13.3. The van der Waals surface area contributed by atoms with Gasteiger partial charge in [0.25, 0.3) is 5.91 Å². The highest BCUT2D eigenvalue weighted by molar-refractivity contribution is 5.93. The van der Waals surface area contributed by atoms with E-state index >= 15 is 0 Å². The second kappa shape index (κ2) is 6.61. The number of carboxylic acids is 1. The Morgan fingerprint density at radius 3 is 2.50 bits per heavy atom. The molecule has 1 spiro atoms. The van der Waals surface area contributed by atoms with E-state index in [-0.39, 0.29) is 17.2 Å². The lowest BCUT2D eigenvalue weighted by Gasteiger charge is -2.38. The van der Waals surface area contributed by atoms with E-state index in [1.807, 2.05) is 29.5 Å². The fourth-order valence-electron chi connectivity index (χ4n) is 4.57. The summed E-state index contributed by atoms with van der Waals surface area (Å²) < 4.78 is 1.90. The van der Waals surface area contributed by atoms with Gasteiger partial charge in [-0.2, -0.15) is 0 Å². The van der Waals surface area contributed by atoms with E-state index in [4.69, 9.17) is 0 Å². The lowest BCUT2D eigenvalue weighted by Crippen LogP contribution is -2.44. The van der Waals surface area contributed by atoms with Gasteiger partial charge < -0.3 is 19.3 Å². The molecule has 2 amide bonds. The van der Waals surface area contributed by atoms with Gasteiger partial charge in [-0.05, 0) is 43.7 Å².